The first-order valence-corrected chi connectivity index (χ1v) is 12.5. The number of aromatic nitrogens is 4. The number of thiophene rings is 1. The molecule has 11 heteroatoms. The molecule has 1 amide bonds. The summed E-state index contributed by atoms with van der Waals surface area (Å²) in [5, 5.41) is 20.1. The summed E-state index contributed by atoms with van der Waals surface area (Å²) >= 11 is 4.84. The summed E-state index contributed by atoms with van der Waals surface area (Å²) < 4.78 is 3.09. The minimum Gasteiger partial charge on any atom is -0.349 e. The van der Waals surface area contributed by atoms with E-state index in [1.54, 1.807) is 18.5 Å². The van der Waals surface area contributed by atoms with Gasteiger partial charge in [0.15, 0.2) is 11.7 Å². The van der Waals surface area contributed by atoms with Crippen molar-refractivity contribution in [2.45, 2.75) is 37.8 Å². The van der Waals surface area contributed by atoms with Crippen LogP contribution in [-0.4, -0.2) is 42.5 Å². The van der Waals surface area contributed by atoms with Crippen molar-refractivity contribution in [3.05, 3.63) is 63.1 Å². The second kappa shape index (κ2) is 9.61. The Labute approximate surface area is 207 Å². The fourth-order valence-corrected chi connectivity index (χ4v) is 5.75. The number of fused-ring (bicyclic) bond motifs is 1. The van der Waals surface area contributed by atoms with Crippen LogP contribution in [0.25, 0.3) is 22.6 Å². The fourth-order valence-electron chi connectivity index (χ4n) is 4.46. The van der Waals surface area contributed by atoms with Crippen LogP contribution < -0.4 is 10.8 Å². The van der Waals surface area contributed by atoms with Gasteiger partial charge < -0.3 is 9.88 Å². The van der Waals surface area contributed by atoms with Crippen molar-refractivity contribution in [2.75, 3.05) is 0 Å². The van der Waals surface area contributed by atoms with Crippen LogP contribution in [-0.2, 0) is 0 Å². The lowest BCUT2D eigenvalue weighted by molar-refractivity contribution is 0.0925. The smallest absolute Gasteiger partial charge is 0.261 e. The van der Waals surface area contributed by atoms with Crippen molar-refractivity contribution < 1.29 is 10.0 Å². The van der Waals surface area contributed by atoms with E-state index in [-0.39, 0.29) is 23.8 Å². The maximum atomic E-state index is 12.7. The highest BCUT2D eigenvalue weighted by Gasteiger charge is 2.29. The number of hydroxylamine groups is 1. The number of imidazole rings is 1. The van der Waals surface area contributed by atoms with E-state index in [1.165, 1.54) is 11.3 Å². The molecule has 174 valence electrons. The molecule has 0 spiro atoms. The first-order valence-electron chi connectivity index (χ1n) is 10.9. The second-order valence-electron chi connectivity index (χ2n) is 8.16. The Hall–Kier alpha value is -3.15. The van der Waals surface area contributed by atoms with E-state index in [0.29, 0.717) is 16.1 Å². The standard InChI is InChI=1S/C23H22BrN7O2S/c24-20-8-7-19(34-20)23(32)28-13-4-3-5-14(10-13)31-18-12-27-17(21(25)30-33)11-16(18)29-22(31)15-6-1-2-9-26-15/h1-2,6-9,11-14,33H,3-5,10H2,(H2,25,30)(H,28,32)/t13-,14+/m0/s1. The van der Waals surface area contributed by atoms with Crippen LogP contribution in [0.4, 0.5) is 0 Å². The first kappa shape index (κ1) is 22.6. The Morgan fingerprint density at radius 3 is 2.85 bits per heavy atom. The normalized spacial score (nSPS) is 18.1. The summed E-state index contributed by atoms with van der Waals surface area (Å²) in [4.78, 5) is 27.1. The van der Waals surface area contributed by atoms with E-state index >= 15 is 0 Å². The van der Waals surface area contributed by atoms with Crippen molar-refractivity contribution in [1.29, 1.82) is 5.41 Å². The van der Waals surface area contributed by atoms with Crippen LogP contribution >= 0.6 is 27.3 Å². The van der Waals surface area contributed by atoms with E-state index in [2.05, 4.69) is 35.8 Å². The molecule has 1 fully saturated rings. The Kier molecular flexibility index (Phi) is 6.40. The molecule has 0 aliphatic heterocycles. The average Bonchev–Trinajstić information content (AvgIpc) is 3.47. The second-order valence-corrected chi connectivity index (χ2v) is 10.6. The summed E-state index contributed by atoms with van der Waals surface area (Å²) in [5.74, 6) is 0.469. The molecule has 0 aromatic carbocycles. The number of hydrogen-bond donors (Lipinski definition) is 4. The molecule has 4 aromatic heterocycles. The molecule has 4 heterocycles. The number of pyridine rings is 2. The molecular weight excluding hydrogens is 518 g/mol. The van der Waals surface area contributed by atoms with Gasteiger partial charge in [0.25, 0.3) is 5.91 Å². The van der Waals surface area contributed by atoms with Crippen molar-refractivity contribution in [1.82, 2.24) is 30.3 Å². The lowest BCUT2D eigenvalue weighted by Gasteiger charge is -2.31. The Morgan fingerprint density at radius 2 is 2.12 bits per heavy atom. The van der Waals surface area contributed by atoms with E-state index < -0.39 is 0 Å². The molecule has 0 radical (unpaired) electrons. The van der Waals surface area contributed by atoms with E-state index in [0.717, 1.165) is 46.5 Å². The number of amides is 1. The minimum absolute atomic E-state index is 0.0418. The van der Waals surface area contributed by atoms with E-state index in [1.807, 2.05) is 35.8 Å². The predicted molar refractivity (Wildman–Crippen MR) is 133 cm³/mol. The number of hydrogen-bond acceptors (Lipinski definition) is 7. The molecule has 0 unspecified atom stereocenters. The molecule has 5 rings (SSSR count). The van der Waals surface area contributed by atoms with Crippen LogP contribution in [0.2, 0.25) is 0 Å². The van der Waals surface area contributed by atoms with E-state index in [4.69, 9.17) is 15.6 Å². The summed E-state index contributed by atoms with van der Waals surface area (Å²) in [6.45, 7) is 0. The van der Waals surface area contributed by atoms with Gasteiger partial charge in [-0.25, -0.2) is 4.98 Å². The molecule has 9 nitrogen and oxygen atoms in total. The molecular formula is C23H22BrN7O2S. The number of nitrogens with one attached hydrogen (secondary N) is 3. The molecule has 1 saturated carbocycles. The summed E-state index contributed by atoms with van der Waals surface area (Å²) in [7, 11) is 0. The van der Waals surface area contributed by atoms with Gasteiger partial charge in [-0.1, -0.05) is 6.07 Å². The maximum absolute atomic E-state index is 12.7. The molecule has 4 N–H and O–H groups in total. The average molecular weight is 540 g/mol. The van der Waals surface area contributed by atoms with Gasteiger partial charge in [0.2, 0.25) is 0 Å². The number of rotatable bonds is 5. The summed E-state index contributed by atoms with van der Waals surface area (Å²) in [6.07, 6.45) is 7.01. The topological polar surface area (TPSA) is 129 Å². The predicted octanol–water partition coefficient (Wildman–Crippen LogP) is 4.54. The number of halogens is 1. The highest BCUT2D eigenvalue weighted by Crippen LogP contribution is 2.36. The Balaban J connectivity index is 1.49. The van der Waals surface area contributed by atoms with E-state index in [9.17, 15) is 4.79 Å². The Bertz CT molecular complexity index is 1350. The zero-order valence-electron chi connectivity index (χ0n) is 18.0. The zero-order chi connectivity index (χ0) is 23.7. The lowest BCUT2D eigenvalue weighted by atomic mass is 9.90. The number of nitrogens with zero attached hydrogens (tertiary/aromatic N) is 4. The maximum Gasteiger partial charge on any atom is 0.261 e. The molecule has 0 saturated heterocycles. The third kappa shape index (κ3) is 4.46. The van der Waals surface area contributed by atoms with Crippen molar-refractivity contribution in [3.63, 3.8) is 0 Å². The summed E-state index contributed by atoms with van der Waals surface area (Å²) in [6, 6.07) is 11.2. The fraction of sp³-hybridized carbons (Fsp3) is 0.261. The molecule has 34 heavy (non-hydrogen) atoms. The molecule has 0 bridgehead atoms. The number of carbonyl (C=O) groups is 1. The van der Waals surface area contributed by atoms with Gasteiger partial charge in [-0.2, -0.15) is 0 Å². The molecule has 2 atom stereocenters. The quantitative estimate of drug-likeness (QED) is 0.167. The van der Waals surface area contributed by atoms with Gasteiger partial charge in [-0.15, -0.1) is 11.3 Å². The van der Waals surface area contributed by atoms with Crippen molar-refractivity contribution in [2.24, 2.45) is 0 Å². The van der Waals surface area contributed by atoms with Crippen molar-refractivity contribution >= 4 is 50.0 Å². The first-order chi connectivity index (χ1) is 16.5. The third-order valence-electron chi connectivity index (χ3n) is 5.98. The van der Waals surface area contributed by atoms with Crippen LogP contribution in [0.5, 0.6) is 0 Å². The SMILES string of the molecule is N=C(NO)c1cc2nc(-c3ccccn3)n([C@@H]3CCC[C@H](NC(=O)c4ccc(Br)s4)C3)c2cn1. The zero-order valence-corrected chi connectivity index (χ0v) is 20.4. The summed E-state index contributed by atoms with van der Waals surface area (Å²) in [5.41, 5.74) is 4.36. The molecule has 4 aromatic rings. The number of carbonyl (C=O) groups excluding carboxylic acids is 1. The minimum atomic E-state index is -0.198. The lowest BCUT2D eigenvalue weighted by Crippen LogP contribution is -2.38. The monoisotopic (exact) mass is 539 g/mol. The van der Waals surface area contributed by atoms with Crippen molar-refractivity contribution in [3.8, 4) is 11.5 Å². The van der Waals surface area contributed by atoms with Gasteiger partial charge >= 0.3 is 0 Å². The molecule has 1 aliphatic rings. The highest BCUT2D eigenvalue weighted by atomic mass is 79.9. The highest BCUT2D eigenvalue weighted by molar-refractivity contribution is 9.11. The van der Waals surface area contributed by atoms with Crippen LogP contribution in [0, 0.1) is 5.41 Å². The third-order valence-corrected chi connectivity index (χ3v) is 7.60. The Morgan fingerprint density at radius 1 is 1.24 bits per heavy atom. The largest absolute Gasteiger partial charge is 0.349 e. The molecule has 1 aliphatic carbocycles. The van der Waals surface area contributed by atoms with Gasteiger partial charge in [-0.05, 0) is 71.9 Å². The van der Waals surface area contributed by atoms with Gasteiger partial charge in [0.05, 0.1) is 25.9 Å². The van der Waals surface area contributed by atoms with Crippen LogP contribution in [0.3, 0.4) is 0 Å². The van der Waals surface area contributed by atoms with Gasteiger partial charge in [0, 0.05) is 18.3 Å². The van der Waals surface area contributed by atoms with Gasteiger partial charge in [0.1, 0.15) is 11.4 Å². The number of amidine groups is 1. The van der Waals surface area contributed by atoms with Crippen LogP contribution in [0.15, 0.2) is 52.6 Å². The van der Waals surface area contributed by atoms with Gasteiger partial charge in [-0.3, -0.25) is 30.9 Å². The van der Waals surface area contributed by atoms with Crippen LogP contribution in [0.1, 0.15) is 47.1 Å².